The summed E-state index contributed by atoms with van der Waals surface area (Å²) in [5, 5.41) is 1.09. The zero-order chi connectivity index (χ0) is 17.8. The summed E-state index contributed by atoms with van der Waals surface area (Å²) in [6.45, 7) is 1.99. The molecule has 0 saturated heterocycles. The van der Waals surface area contributed by atoms with Crippen LogP contribution in [0.15, 0.2) is 84.9 Å². The molecule has 4 heteroatoms. The van der Waals surface area contributed by atoms with Crippen LogP contribution in [0.5, 0.6) is 11.5 Å². The number of hydrogen-bond acceptors (Lipinski definition) is 3. The van der Waals surface area contributed by atoms with E-state index in [2.05, 4.69) is 35.3 Å². The molecule has 0 fully saturated rings. The fourth-order valence-corrected chi connectivity index (χ4v) is 4.54. The van der Waals surface area contributed by atoms with Crippen LogP contribution < -0.4 is 5.71 Å². The number of fused-ring (bicyclic) bond motifs is 1. The quantitative estimate of drug-likeness (QED) is 0.426. The summed E-state index contributed by atoms with van der Waals surface area (Å²) in [5.41, 5.74) is 4.27. The van der Waals surface area contributed by atoms with Gasteiger partial charge in [-0.3, -0.25) is 0 Å². The molecule has 0 N–H and O–H groups in total. The molecule has 1 heterocycles. The Balaban J connectivity index is 1.43. The van der Waals surface area contributed by atoms with Gasteiger partial charge in [0.15, 0.2) is 0 Å². The molecule has 0 spiro atoms. The first kappa shape index (κ1) is 17.0. The fraction of sp³-hybridized carbons (Fsp3) is 0.0455. The molecular weight excluding hydrogens is 425 g/mol. The van der Waals surface area contributed by atoms with E-state index in [9.17, 15) is 0 Å². The van der Waals surface area contributed by atoms with Gasteiger partial charge in [0.25, 0.3) is 0 Å². The van der Waals surface area contributed by atoms with Crippen molar-refractivity contribution in [3.63, 3.8) is 0 Å². The van der Waals surface area contributed by atoms with Crippen LogP contribution in [0.3, 0.4) is 0 Å². The summed E-state index contributed by atoms with van der Waals surface area (Å²) >= 11 is -1.69. The minimum absolute atomic E-state index is 0.813. The van der Waals surface area contributed by atoms with Crippen LogP contribution in [0.2, 0.25) is 0 Å². The Kier molecular flexibility index (Phi) is 5.12. The second-order valence-corrected chi connectivity index (χ2v) is 7.90. The van der Waals surface area contributed by atoms with Crippen LogP contribution in [0, 0.1) is 6.92 Å². The molecule has 4 rings (SSSR count). The summed E-state index contributed by atoms with van der Waals surface area (Å²) in [6, 6.07) is 28.6. The molecule has 1 aromatic heterocycles. The molecule has 0 saturated carbocycles. The summed E-state index contributed by atoms with van der Waals surface area (Å²) in [7, 11) is 0. The Bertz CT molecular complexity index is 1020. The summed E-state index contributed by atoms with van der Waals surface area (Å²) in [6.07, 6.45) is 0. The van der Waals surface area contributed by atoms with Crippen molar-refractivity contribution in [1.29, 1.82) is 0 Å². The van der Waals surface area contributed by atoms with E-state index in [-0.39, 0.29) is 0 Å². The maximum absolute atomic E-state index is 6.00. The molecule has 0 atom stereocenters. The number of aryl methyl sites for hydroxylation is 1. The number of hydrogen-bond donors (Lipinski definition) is 0. The Morgan fingerprint density at radius 2 is 1.46 bits per heavy atom. The van der Waals surface area contributed by atoms with Gasteiger partial charge in [0.1, 0.15) is 0 Å². The van der Waals surface area contributed by atoms with E-state index in [1.54, 1.807) is 0 Å². The monoisotopic (exact) mass is 442 g/mol. The first-order valence-corrected chi connectivity index (χ1v) is 11.2. The Labute approximate surface area is 165 Å². The van der Waals surface area contributed by atoms with Crippen molar-refractivity contribution in [3.05, 3.63) is 90.6 Å². The number of nitrogens with zero attached hydrogens (tertiary/aromatic N) is 1. The maximum atomic E-state index is 6.00. The SMILES string of the molecule is Cc1ccc2cccc([O][In][O]c3ccc(-c4ccccc4)cc3)c2n1. The predicted octanol–water partition coefficient (Wildman–Crippen LogP) is 5.20. The second-order valence-electron chi connectivity index (χ2n) is 6.00. The van der Waals surface area contributed by atoms with Crippen LogP contribution in [-0.2, 0) is 0 Å². The molecule has 26 heavy (non-hydrogen) atoms. The van der Waals surface area contributed by atoms with Gasteiger partial charge in [-0.2, -0.15) is 0 Å². The molecule has 0 amide bonds. The predicted molar refractivity (Wildman–Crippen MR) is 105 cm³/mol. The van der Waals surface area contributed by atoms with Crippen molar-refractivity contribution in [2.75, 3.05) is 0 Å². The van der Waals surface area contributed by atoms with Gasteiger partial charge in [-0.25, -0.2) is 0 Å². The van der Waals surface area contributed by atoms with E-state index < -0.39 is 23.8 Å². The third kappa shape index (κ3) is 3.86. The van der Waals surface area contributed by atoms with Crippen molar-refractivity contribution in [3.8, 4) is 22.6 Å². The summed E-state index contributed by atoms with van der Waals surface area (Å²) < 4.78 is 11.9. The topological polar surface area (TPSA) is 31.4 Å². The van der Waals surface area contributed by atoms with E-state index in [4.69, 9.17) is 5.71 Å². The number of para-hydroxylation sites is 1. The Hall–Kier alpha value is -2.46. The molecule has 125 valence electrons. The first-order chi connectivity index (χ1) is 12.8. The first-order valence-electron chi connectivity index (χ1n) is 8.46. The fourth-order valence-electron chi connectivity index (χ4n) is 2.80. The van der Waals surface area contributed by atoms with Gasteiger partial charge in [0, 0.05) is 0 Å². The number of pyridine rings is 1. The van der Waals surface area contributed by atoms with Gasteiger partial charge in [0.2, 0.25) is 0 Å². The molecule has 1 radical (unpaired) electrons. The van der Waals surface area contributed by atoms with E-state index in [1.807, 2.05) is 61.5 Å². The van der Waals surface area contributed by atoms with Crippen molar-refractivity contribution in [1.82, 2.24) is 4.98 Å². The normalized spacial score (nSPS) is 10.5. The van der Waals surface area contributed by atoms with Crippen LogP contribution >= 0.6 is 0 Å². The molecule has 0 aliphatic rings. The molecule has 0 unspecified atom stereocenters. The zero-order valence-electron chi connectivity index (χ0n) is 14.4. The third-order valence-corrected chi connectivity index (χ3v) is 6.19. The van der Waals surface area contributed by atoms with Crippen LogP contribution in [0.25, 0.3) is 22.0 Å². The van der Waals surface area contributed by atoms with Crippen LogP contribution in [0.1, 0.15) is 5.69 Å². The van der Waals surface area contributed by atoms with Gasteiger partial charge >= 0.3 is 166 Å². The standard InChI is InChI=1S/C12H10O.C10H9NO.In/c13-12-8-6-11(7-9-12)10-4-2-1-3-5-10;1-7-5-6-8-3-2-4-9(12)10(8)11-7;/h1-9,13H;2-6,12H,1H3;/q;;+2/p-2. The van der Waals surface area contributed by atoms with Crippen molar-refractivity contribution in [2.45, 2.75) is 6.92 Å². The zero-order valence-corrected chi connectivity index (χ0v) is 17.7. The van der Waals surface area contributed by atoms with Gasteiger partial charge in [-0.15, -0.1) is 0 Å². The molecule has 0 bridgehead atoms. The number of aromatic nitrogens is 1. The van der Waals surface area contributed by atoms with Gasteiger partial charge in [0.05, 0.1) is 0 Å². The summed E-state index contributed by atoms with van der Waals surface area (Å²) in [5.74, 6) is 1.67. The number of benzene rings is 3. The van der Waals surface area contributed by atoms with E-state index in [1.165, 1.54) is 11.1 Å². The van der Waals surface area contributed by atoms with Gasteiger partial charge < -0.3 is 0 Å². The summed E-state index contributed by atoms with van der Waals surface area (Å²) in [4.78, 5) is 4.60. The van der Waals surface area contributed by atoms with E-state index >= 15 is 0 Å². The van der Waals surface area contributed by atoms with Gasteiger partial charge in [-0.05, 0) is 0 Å². The molecule has 0 aliphatic heterocycles. The number of rotatable bonds is 5. The van der Waals surface area contributed by atoms with Crippen LogP contribution in [-0.4, -0.2) is 28.8 Å². The molecular formula is C22H17InNO2. The van der Waals surface area contributed by atoms with Crippen molar-refractivity contribution < 1.29 is 5.71 Å². The van der Waals surface area contributed by atoms with E-state index in [0.717, 1.165) is 28.1 Å². The molecule has 4 aromatic rings. The third-order valence-electron chi connectivity index (χ3n) is 4.14. The average Bonchev–Trinajstić information content (AvgIpc) is 2.69. The van der Waals surface area contributed by atoms with E-state index in [0.29, 0.717) is 0 Å². The Morgan fingerprint density at radius 3 is 2.27 bits per heavy atom. The molecule has 3 nitrogen and oxygen atoms in total. The van der Waals surface area contributed by atoms with Gasteiger partial charge in [-0.1, -0.05) is 0 Å². The van der Waals surface area contributed by atoms with Crippen LogP contribution in [0.4, 0.5) is 0 Å². The van der Waals surface area contributed by atoms with Crippen molar-refractivity contribution in [2.24, 2.45) is 0 Å². The molecule has 0 aliphatic carbocycles. The van der Waals surface area contributed by atoms with Crippen molar-refractivity contribution >= 4 is 34.7 Å². The average molecular weight is 442 g/mol. The Morgan fingerprint density at radius 1 is 0.692 bits per heavy atom. The second kappa shape index (κ2) is 7.83. The molecule has 3 aromatic carbocycles. The minimum atomic E-state index is -1.69.